The predicted molar refractivity (Wildman–Crippen MR) is 169 cm³/mol. The second-order valence-corrected chi connectivity index (χ2v) is 10.4. The third-order valence-electron chi connectivity index (χ3n) is 6.97. The van der Waals surface area contributed by atoms with E-state index in [-0.39, 0.29) is 56.4 Å². The zero-order chi connectivity index (χ0) is 33.1. The van der Waals surface area contributed by atoms with Crippen molar-refractivity contribution in [3.05, 3.63) is 72.2 Å². The molecule has 2 aromatic carbocycles. The van der Waals surface area contributed by atoms with Crippen LogP contribution in [0.2, 0.25) is 0 Å². The molecule has 15 nitrogen and oxygen atoms in total. The number of hydrogen-bond acceptors (Lipinski definition) is 11. The average molecular weight is 632 g/mol. The van der Waals surface area contributed by atoms with Crippen molar-refractivity contribution in [2.75, 3.05) is 44.0 Å². The monoisotopic (exact) mass is 631 g/mol. The molecule has 0 radical (unpaired) electrons. The number of nitrogens with zero attached hydrogens (tertiary/aromatic N) is 6. The molecule has 2 aromatic heterocycles. The van der Waals surface area contributed by atoms with E-state index < -0.39 is 6.04 Å². The summed E-state index contributed by atoms with van der Waals surface area (Å²) in [6, 6.07) is 15.9. The molecule has 4 aromatic rings. The van der Waals surface area contributed by atoms with Crippen molar-refractivity contribution in [1.29, 1.82) is 0 Å². The molecule has 2 amide bonds. The minimum absolute atomic E-state index is 0.0160. The van der Waals surface area contributed by atoms with Crippen molar-refractivity contribution in [3.63, 3.8) is 0 Å². The van der Waals surface area contributed by atoms with Gasteiger partial charge in [0, 0.05) is 30.4 Å². The number of hydrogen-bond donors (Lipinski definition) is 4. The van der Waals surface area contributed by atoms with Crippen molar-refractivity contribution in [1.82, 2.24) is 35.4 Å². The molecule has 0 fully saturated rings. The summed E-state index contributed by atoms with van der Waals surface area (Å²) in [7, 11) is 1.55. The van der Waals surface area contributed by atoms with Gasteiger partial charge in [-0.3, -0.25) is 14.4 Å². The van der Waals surface area contributed by atoms with E-state index in [0.29, 0.717) is 41.1 Å². The second-order valence-electron chi connectivity index (χ2n) is 10.4. The smallest absolute Gasteiger partial charge is 0.290 e. The highest BCUT2D eigenvalue weighted by Crippen LogP contribution is 2.29. The maximum atomic E-state index is 13.5. The second kappa shape index (κ2) is 15.8. The maximum Gasteiger partial charge on any atom is 0.290 e. The number of carbonyl (C=O) groups is 3. The van der Waals surface area contributed by atoms with Crippen LogP contribution in [0, 0.1) is 5.92 Å². The normalized spacial score (nSPS) is 15.7. The van der Waals surface area contributed by atoms with Gasteiger partial charge < -0.3 is 35.8 Å². The molecule has 0 unspecified atom stereocenters. The summed E-state index contributed by atoms with van der Waals surface area (Å²) in [5.74, 6) is 2.05. The minimum Gasteiger partial charge on any atom is -0.493 e. The van der Waals surface area contributed by atoms with E-state index >= 15 is 0 Å². The van der Waals surface area contributed by atoms with Crippen molar-refractivity contribution in [3.8, 4) is 22.9 Å². The summed E-state index contributed by atoms with van der Waals surface area (Å²) >= 11 is 0. The number of nitrogens with two attached hydrogens (primary N) is 1. The number of amides is 2. The van der Waals surface area contributed by atoms with E-state index in [1.54, 1.807) is 41.0 Å². The Bertz CT molecular complexity index is 1630. The minimum atomic E-state index is -0.456. The molecule has 1 atom stereocenters. The van der Waals surface area contributed by atoms with Gasteiger partial charge in [-0.05, 0) is 30.2 Å². The number of methoxy groups -OCH3 is 1. The summed E-state index contributed by atoms with van der Waals surface area (Å²) in [6.45, 7) is 4.81. The van der Waals surface area contributed by atoms with Crippen LogP contribution in [0.4, 0.5) is 11.8 Å². The highest BCUT2D eigenvalue weighted by molar-refractivity contribution is 5.95. The summed E-state index contributed by atoms with van der Waals surface area (Å²) in [5.41, 5.74) is 7.10. The molecule has 0 aliphatic carbocycles. The lowest BCUT2D eigenvalue weighted by molar-refractivity contribution is -0.123. The lowest BCUT2D eigenvalue weighted by Crippen LogP contribution is -2.44. The summed E-state index contributed by atoms with van der Waals surface area (Å²) in [4.78, 5) is 49.8. The quantitative estimate of drug-likeness (QED) is 0.240. The van der Waals surface area contributed by atoms with Crippen LogP contribution in [0.15, 0.2) is 60.8 Å². The van der Waals surface area contributed by atoms with Gasteiger partial charge in [0.1, 0.15) is 12.4 Å². The number of benzene rings is 2. The fourth-order valence-electron chi connectivity index (χ4n) is 4.77. The first kappa shape index (κ1) is 33.2. The van der Waals surface area contributed by atoms with Crippen LogP contribution in [0.1, 0.15) is 36.1 Å². The number of aromatic nitrogens is 5. The highest BCUT2D eigenvalue weighted by atomic mass is 16.5. The molecule has 2 bridgehead atoms. The molecule has 5 rings (SSSR count). The Morgan fingerprint density at radius 2 is 1.85 bits per heavy atom. The summed E-state index contributed by atoms with van der Waals surface area (Å²) < 4.78 is 13.3. The van der Waals surface area contributed by atoms with E-state index in [4.69, 9.17) is 35.2 Å². The van der Waals surface area contributed by atoms with Crippen LogP contribution >= 0.6 is 0 Å². The van der Waals surface area contributed by atoms with Crippen LogP contribution in [0.25, 0.3) is 11.4 Å². The molecule has 1 aliphatic heterocycles. The van der Waals surface area contributed by atoms with E-state index in [1.807, 2.05) is 44.2 Å². The molecular weight excluding hydrogens is 594 g/mol. The van der Waals surface area contributed by atoms with E-state index in [1.165, 1.54) is 6.20 Å². The zero-order valence-corrected chi connectivity index (χ0v) is 25.8. The Balaban J connectivity index is 0.00000154. The Labute approximate surface area is 265 Å². The van der Waals surface area contributed by atoms with Crippen LogP contribution in [-0.2, 0) is 16.1 Å². The lowest BCUT2D eigenvalue weighted by Gasteiger charge is -2.26. The largest absolute Gasteiger partial charge is 0.493 e. The fraction of sp³-hybridized carbons (Fsp3) is 0.323. The Kier molecular flexibility index (Phi) is 11.4. The number of fused-ring (bicyclic) bond motifs is 3. The maximum absolute atomic E-state index is 13.5. The van der Waals surface area contributed by atoms with Crippen molar-refractivity contribution in [2.24, 2.45) is 5.92 Å². The van der Waals surface area contributed by atoms with Gasteiger partial charge in [0.05, 0.1) is 26.2 Å². The first-order valence-electron chi connectivity index (χ1n) is 14.5. The summed E-state index contributed by atoms with van der Waals surface area (Å²) in [6.07, 6.45) is 1.53. The molecular formula is C31H37N9O6. The molecule has 0 spiro atoms. The van der Waals surface area contributed by atoms with Gasteiger partial charge in [-0.15, -0.1) is 0 Å². The Morgan fingerprint density at radius 1 is 1.09 bits per heavy atom. The predicted octanol–water partition coefficient (Wildman–Crippen LogP) is 2.17. The van der Waals surface area contributed by atoms with E-state index in [0.717, 1.165) is 5.56 Å². The van der Waals surface area contributed by atoms with Crippen molar-refractivity contribution >= 4 is 30.1 Å². The van der Waals surface area contributed by atoms with Gasteiger partial charge in [0.25, 0.3) is 12.4 Å². The SMILES string of the molecule is COc1ccc2cc1OCCn1nc(-c3ccccc3)nc1[C@@H](C(C)C)NC(=O)CN(c1ccnc(N)n1)CCNC2=O.O=CO. The number of rotatable bonds is 4. The van der Waals surface area contributed by atoms with Crippen LogP contribution < -0.4 is 30.7 Å². The average Bonchev–Trinajstić information content (AvgIpc) is 3.47. The highest BCUT2D eigenvalue weighted by Gasteiger charge is 2.27. The number of carbonyl (C=O) groups excluding carboxylic acids is 2. The Hall–Kier alpha value is -5.73. The van der Waals surface area contributed by atoms with Gasteiger partial charge in [-0.25, -0.2) is 14.6 Å². The van der Waals surface area contributed by atoms with Crippen LogP contribution in [-0.4, -0.2) is 81.5 Å². The topological polar surface area (TPSA) is 200 Å². The number of nitrogens with one attached hydrogen (secondary N) is 2. The van der Waals surface area contributed by atoms with E-state index in [9.17, 15) is 9.59 Å². The molecule has 5 N–H and O–H groups in total. The fourth-order valence-corrected chi connectivity index (χ4v) is 4.77. The third kappa shape index (κ3) is 8.46. The van der Waals surface area contributed by atoms with Crippen LogP contribution in [0.3, 0.4) is 0 Å². The Morgan fingerprint density at radius 3 is 2.54 bits per heavy atom. The standard InChI is InChI=1S/C30H35N9O4.CH2O2/c1-19(2)26-28-36-27(20-7-5-4-6-8-20)37-39(28)15-16-43-23-17-21(9-10-22(23)42-3)29(41)32-13-14-38(18-25(40)35-26)24-11-12-33-30(31)34-24;2-1-3/h4-12,17,19,26H,13-16,18H2,1-3H3,(H,32,41)(H,35,40)(H2,31,33,34);1H,(H,2,3)/t26-;/m1./s1. The van der Waals surface area contributed by atoms with Gasteiger partial charge in [0.15, 0.2) is 23.1 Å². The van der Waals surface area contributed by atoms with Gasteiger partial charge in [0.2, 0.25) is 11.9 Å². The molecule has 242 valence electrons. The third-order valence-corrected chi connectivity index (χ3v) is 6.97. The first-order chi connectivity index (χ1) is 22.2. The molecule has 3 heterocycles. The lowest BCUT2D eigenvalue weighted by atomic mass is 10.0. The number of ether oxygens (including phenoxy) is 2. The molecule has 0 saturated heterocycles. The number of anilines is 2. The van der Waals surface area contributed by atoms with Gasteiger partial charge >= 0.3 is 0 Å². The number of nitrogen functional groups attached to an aromatic ring is 1. The van der Waals surface area contributed by atoms with Gasteiger partial charge in [-0.2, -0.15) is 10.1 Å². The van der Waals surface area contributed by atoms with Gasteiger partial charge in [-0.1, -0.05) is 44.2 Å². The van der Waals surface area contributed by atoms with Crippen molar-refractivity contribution < 1.29 is 29.0 Å². The molecule has 15 heteroatoms. The molecule has 1 aliphatic rings. The number of carboxylic acid groups (broad SMARTS) is 1. The molecule has 46 heavy (non-hydrogen) atoms. The van der Waals surface area contributed by atoms with Crippen LogP contribution in [0.5, 0.6) is 11.5 Å². The molecule has 0 saturated carbocycles. The zero-order valence-electron chi connectivity index (χ0n) is 25.8. The first-order valence-corrected chi connectivity index (χ1v) is 14.5. The van der Waals surface area contributed by atoms with E-state index in [2.05, 4.69) is 20.6 Å². The van der Waals surface area contributed by atoms with Crippen molar-refractivity contribution in [2.45, 2.75) is 26.4 Å². The summed E-state index contributed by atoms with van der Waals surface area (Å²) in [5, 5.41) is 17.7.